The summed E-state index contributed by atoms with van der Waals surface area (Å²) >= 11 is 0. The summed E-state index contributed by atoms with van der Waals surface area (Å²) in [6.07, 6.45) is 4.90. The average molecular weight is 282 g/mol. The van der Waals surface area contributed by atoms with Crippen molar-refractivity contribution in [2.24, 2.45) is 5.41 Å². The molecule has 116 valence electrons. The molecule has 1 aliphatic carbocycles. The predicted molar refractivity (Wildman–Crippen MR) is 80.6 cm³/mol. The number of amides is 1. The molecular weight excluding hydrogens is 252 g/mol. The quantitative estimate of drug-likeness (QED) is 0.840. The number of ether oxygens (including phenoxy) is 1. The average Bonchev–Trinajstić information content (AvgIpc) is 2.46. The first kappa shape index (κ1) is 15.8. The van der Waals surface area contributed by atoms with E-state index in [1.54, 1.807) is 0 Å². The fourth-order valence-electron chi connectivity index (χ4n) is 3.41. The lowest BCUT2D eigenvalue weighted by molar-refractivity contribution is -0.139. The van der Waals surface area contributed by atoms with Crippen molar-refractivity contribution in [3.8, 4) is 0 Å². The molecule has 2 rings (SSSR count). The molecule has 1 N–H and O–H groups in total. The van der Waals surface area contributed by atoms with E-state index in [2.05, 4.69) is 19.2 Å². The summed E-state index contributed by atoms with van der Waals surface area (Å²) in [6.45, 7) is 11.1. The zero-order chi connectivity index (χ0) is 14.8. The number of nitrogens with one attached hydrogen (secondary N) is 1. The minimum atomic E-state index is -0.0834. The number of piperidine rings is 1. The van der Waals surface area contributed by atoms with E-state index in [1.165, 1.54) is 6.42 Å². The molecule has 20 heavy (non-hydrogen) atoms. The number of carbonyl (C=O) groups is 1. The van der Waals surface area contributed by atoms with Gasteiger partial charge >= 0.3 is 0 Å². The van der Waals surface area contributed by atoms with Gasteiger partial charge in [-0.05, 0) is 39.5 Å². The van der Waals surface area contributed by atoms with E-state index in [0.717, 1.165) is 39.0 Å². The van der Waals surface area contributed by atoms with Crippen molar-refractivity contribution in [3.63, 3.8) is 0 Å². The Hall–Kier alpha value is -0.610. The molecule has 1 heterocycles. The summed E-state index contributed by atoms with van der Waals surface area (Å²) in [6, 6.07) is 0.294. The Morgan fingerprint density at radius 3 is 2.55 bits per heavy atom. The highest BCUT2D eigenvalue weighted by Crippen LogP contribution is 2.42. The Morgan fingerprint density at radius 2 is 2.00 bits per heavy atom. The van der Waals surface area contributed by atoms with Crippen LogP contribution in [0.4, 0.5) is 0 Å². The van der Waals surface area contributed by atoms with Crippen molar-refractivity contribution in [1.82, 2.24) is 10.2 Å². The molecule has 0 spiro atoms. The van der Waals surface area contributed by atoms with Crippen LogP contribution in [0.25, 0.3) is 0 Å². The van der Waals surface area contributed by atoms with Crippen LogP contribution < -0.4 is 5.32 Å². The zero-order valence-electron chi connectivity index (χ0n) is 13.4. The van der Waals surface area contributed by atoms with E-state index in [-0.39, 0.29) is 17.4 Å². The van der Waals surface area contributed by atoms with Gasteiger partial charge in [0.25, 0.3) is 0 Å². The molecule has 4 heteroatoms. The van der Waals surface area contributed by atoms with E-state index in [4.69, 9.17) is 4.74 Å². The van der Waals surface area contributed by atoms with Gasteiger partial charge in [0.2, 0.25) is 5.91 Å². The Labute approximate surface area is 123 Å². The van der Waals surface area contributed by atoms with Crippen molar-refractivity contribution in [3.05, 3.63) is 0 Å². The molecular formula is C16H30N2O2. The lowest BCUT2D eigenvalue weighted by Crippen LogP contribution is -2.64. The maximum absolute atomic E-state index is 12.4. The Morgan fingerprint density at radius 1 is 1.35 bits per heavy atom. The van der Waals surface area contributed by atoms with Crippen molar-refractivity contribution in [2.45, 2.75) is 71.6 Å². The van der Waals surface area contributed by atoms with Crippen molar-refractivity contribution >= 4 is 5.91 Å². The summed E-state index contributed by atoms with van der Waals surface area (Å²) in [5.74, 6) is 0.264. The van der Waals surface area contributed by atoms with Crippen LogP contribution in [0, 0.1) is 5.41 Å². The topological polar surface area (TPSA) is 41.6 Å². The minimum absolute atomic E-state index is 0.0834. The Bertz CT molecular complexity index is 337. The minimum Gasteiger partial charge on any atom is -0.378 e. The van der Waals surface area contributed by atoms with Gasteiger partial charge < -0.3 is 15.0 Å². The number of hydrogen-bond donors (Lipinski definition) is 1. The highest BCUT2D eigenvalue weighted by Gasteiger charge is 2.49. The molecule has 0 radical (unpaired) electrons. The van der Waals surface area contributed by atoms with Gasteiger partial charge in [0, 0.05) is 31.2 Å². The SMILES string of the molecule is CCOC1CC(NC(C)C(=O)N2CCCCC2)C1(C)C. The second-order valence-electron chi connectivity index (χ2n) is 6.83. The maximum Gasteiger partial charge on any atom is 0.239 e. The molecule has 0 aromatic heterocycles. The summed E-state index contributed by atoms with van der Waals surface area (Å²) in [7, 11) is 0. The molecule has 2 aliphatic rings. The van der Waals surface area contributed by atoms with Crippen LogP contribution in [0.1, 0.15) is 53.4 Å². The van der Waals surface area contributed by atoms with Crippen LogP contribution in [0.5, 0.6) is 0 Å². The third kappa shape index (κ3) is 3.17. The van der Waals surface area contributed by atoms with Gasteiger partial charge in [-0.15, -0.1) is 0 Å². The second kappa shape index (κ2) is 6.44. The van der Waals surface area contributed by atoms with Gasteiger partial charge in [-0.1, -0.05) is 13.8 Å². The molecule has 4 nitrogen and oxygen atoms in total. The van der Waals surface area contributed by atoms with E-state index < -0.39 is 0 Å². The molecule has 1 amide bonds. The maximum atomic E-state index is 12.4. The van der Waals surface area contributed by atoms with Crippen LogP contribution in [0.2, 0.25) is 0 Å². The highest BCUT2D eigenvalue weighted by atomic mass is 16.5. The van der Waals surface area contributed by atoms with Crippen LogP contribution >= 0.6 is 0 Å². The molecule has 0 aromatic carbocycles. The number of hydrogen-bond acceptors (Lipinski definition) is 3. The lowest BCUT2D eigenvalue weighted by Gasteiger charge is -2.52. The van der Waals surface area contributed by atoms with Crippen LogP contribution in [0.15, 0.2) is 0 Å². The number of likely N-dealkylation sites (tertiary alicyclic amines) is 1. The molecule has 1 saturated carbocycles. The van der Waals surface area contributed by atoms with Crippen molar-refractivity contribution in [1.29, 1.82) is 0 Å². The summed E-state index contributed by atoms with van der Waals surface area (Å²) in [5.41, 5.74) is 0.118. The third-order valence-electron chi connectivity index (χ3n) is 5.03. The first-order chi connectivity index (χ1) is 9.46. The first-order valence-corrected chi connectivity index (χ1v) is 8.13. The summed E-state index contributed by atoms with van der Waals surface area (Å²) in [5, 5.41) is 3.52. The highest BCUT2D eigenvalue weighted by molar-refractivity contribution is 5.81. The van der Waals surface area contributed by atoms with Crippen molar-refractivity contribution < 1.29 is 9.53 Å². The fourth-order valence-corrected chi connectivity index (χ4v) is 3.41. The van der Waals surface area contributed by atoms with Crippen LogP contribution in [-0.2, 0) is 9.53 Å². The van der Waals surface area contributed by atoms with Gasteiger partial charge in [-0.3, -0.25) is 4.79 Å². The molecule has 1 aliphatic heterocycles. The van der Waals surface area contributed by atoms with E-state index in [9.17, 15) is 4.79 Å². The molecule has 3 unspecified atom stereocenters. The zero-order valence-corrected chi connectivity index (χ0v) is 13.4. The smallest absolute Gasteiger partial charge is 0.239 e. The third-order valence-corrected chi connectivity index (χ3v) is 5.03. The largest absolute Gasteiger partial charge is 0.378 e. The molecule has 0 bridgehead atoms. The fraction of sp³-hybridized carbons (Fsp3) is 0.938. The van der Waals surface area contributed by atoms with Gasteiger partial charge in [-0.25, -0.2) is 0 Å². The van der Waals surface area contributed by atoms with E-state index >= 15 is 0 Å². The number of rotatable bonds is 5. The van der Waals surface area contributed by atoms with Crippen LogP contribution in [-0.4, -0.2) is 48.7 Å². The molecule has 1 saturated heterocycles. The summed E-state index contributed by atoms with van der Waals surface area (Å²) < 4.78 is 5.75. The van der Waals surface area contributed by atoms with E-state index in [1.807, 2.05) is 18.7 Å². The first-order valence-electron chi connectivity index (χ1n) is 8.13. The Kier molecular flexibility index (Phi) is 5.08. The standard InChI is InChI=1S/C16H30N2O2/c1-5-20-14-11-13(16(14,3)4)17-12(2)15(19)18-9-7-6-8-10-18/h12-14,17H,5-11H2,1-4H3. The van der Waals surface area contributed by atoms with Gasteiger partial charge in [-0.2, -0.15) is 0 Å². The molecule has 3 atom stereocenters. The normalized spacial score (nSPS) is 30.7. The summed E-state index contributed by atoms with van der Waals surface area (Å²) in [4.78, 5) is 14.4. The number of carbonyl (C=O) groups excluding carboxylic acids is 1. The van der Waals surface area contributed by atoms with Crippen LogP contribution in [0.3, 0.4) is 0 Å². The Balaban J connectivity index is 1.82. The van der Waals surface area contributed by atoms with Gasteiger partial charge in [0.15, 0.2) is 0 Å². The molecule has 2 fully saturated rings. The lowest BCUT2D eigenvalue weighted by atomic mass is 9.64. The monoisotopic (exact) mass is 282 g/mol. The second-order valence-corrected chi connectivity index (χ2v) is 6.83. The van der Waals surface area contributed by atoms with Gasteiger partial charge in [0.1, 0.15) is 0 Å². The molecule has 0 aromatic rings. The number of nitrogens with zero attached hydrogens (tertiary/aromatic N) is 1. The predicted octanol–water partition coefficient (Wildman–Crippen LogP) is 2.18. The van der Waals surface area contributed by atoms with E-state index in [0.29, 0.717) is 12.1 Å². The van der Waals surface area contributed by atoms with Gasteiger partial charge in [0.05, 0.1) is 12.1 Å². The van der Waals surface area contributed by atoms with Crippen molar-refractivity contribution in [2.75, 3.05) is 19.7 Å².